The van der Waals surface area contributed by atoms with Gasteiger partial charge < -0.3 is 23.7 Å². The van der Waals surface area contributed by atoms with Crippen LogP contribution in [-0.2, 0) is 42.9 Å². The Morgan fingerprint density at radius 3 is 1.55 bits per heavy atom. The first-order valence-electron chi connectivity index (χ1n) is 6.41. The Balaban J connectivity index is 4.79. The fourth-order valence-electron chi connectivity index (χ4n) is 1.30. The Morgan fingerprint density at radius 1 is 0.682 bits per heavy atom. The molecule has 126 valence electrons. The van der Waals surface area contributed by atoms with Crippen molar-refractivity contribution in [2.45, 2.75) is 39.9 Å². The Kier molecular flexibility index (Phi) is 9.51. The van der Waals surface area contributed by atoms with Gasteiger partial charge in [-0.05, 0) is 0 Å². The molecule has 0 rings (SSSR count). The Bertz CT molecular complexity index is 404. The Morgan fingerprint density at radius 2 is 1.14 bits per heavy atom. The number of carbonyl (C=O) groups excluding carboxylic acids is 4. The smallest absolute Gasteiger partial charge is 0.304 e. The van der Waals surface area contributed by atoms with E-state index in [-0.39, 0.29) is 13.2 Å². The van der Waals surface area contributed by atoms with Gasteiger partial charge in [-0.15, -0.1) is 0 Å². The summed E-state index contributed by atoms with van der Waals surface area (Å²) in [6, 6.07) is 0. The van der Waals surface area contributed by atoms with E-state index in [0.29, 0.717) is 0 Å². The lowest BCUT2D eigenvalue weighted by Gasteiger charge is -2.25. The molecule has 2 atom stereocenters. The van der Waals surface area contributed by atoms with Crippen molar-refractivity contribution >= 4 is 23.9 Å². The average Bonchev–Trinajstić information content (AvgIpc) is 2.37. The summed E-state index contributed by atoms with van der Waals surface area (Å²) in [5, 5.41) is 0. The van der Waals surface area contributed by atoms with Crippen LogP contribution in [-0.4, -0.2) is 56.1 Å². The molecule has 0 aromatic rings. The van der Waals surface area contributed by atoms with Crippen LogP contribution < -0.4 is 0 Å². The molecule has 9 nitrogen and oxygen atoms in total. The molecule has 0 aromatic carbocycles. The summed E-state index contributed by atoms with van der Waals surface area (Å²) in [5.74, 6) is -2.37. The topological polar surface area (TPSA) is 114 Å². The minimum Gasteiger partial charge on any atom is -0.463 e. The highest BCUT2D eigenvalue weighted by Crippen LogP contribution is 2.08. The van der Waals surface area contributed by atoms with Crippen LogP contribution in [0.4, 0.5) is 0 Å². The Labute approximate surface area is 127 Å². The van der Waals surface area contributed by atoms with E-state index in [2.05, 4.69) is 4.74 Å². The van der Waals surface area contributed by atoms with Crippen molar-refractivity contribution in [2.24, 2.45) is 0 Å². The molecule has 0 aliphatic carbocycles. The highest BCUT2D eigenvalue weighted by Gasteiger charge is 2.28. The molecule has 0 aliphatic rings. The van der Waals surface area contributed by atoms with Crippen LogP contribution in [0.2, 0.25) is 0 Å². The predicted molar refractivity (Wildman–Crippen MR) is 70.3 cm³/mol. The number of hydrogen-bond donors (Lipinski definition) is 0. The van der Waals surface area contributed by atoms with Crippen LogP contribution in [0.3, 0.4) is 0 Å². The molecule has 0 fully saturated rings. The normalized spacial score (nSPS) is 12.7. The van der Waals surface area contributed by atoms with Gasteiger partial charge in [-0.2, -0.15) is 0 Å². The van der Waals surface area contributed by atoms with Gasteiger partial charge in [0.15, 0.2) is 12.9 Å². The maximum atomic E-state index is 11.1. The fourth-order valence-corrected chi connectivity index (χ4v) is 1.30. The van der Waals surface area contributed by atoms with Gasteiger partial charge in [0.2, 0.25) is 0 Å². The lowest BCUT2D eigenvalue weighted by atomic mass is 10.2. The van der Waals surface area contributed by atoms with Crippen molar-refractivity contribution in [3.8, 4) is 0 Å². The first kappa shape index (κ1) is 19.8. The van der Waals surface area contributed by atoms with E-state index in [1.54, 1.807) is 0 Å². The highest BCUT2D eigenvalue weighted by atomic mass is 16.7. The van der Waals surface area contributed by atoms with Gasteiger partial charge in [0.05, 0.1) is 0 Å². The molecule has 22 heavy (non-hydrogen) atoms. The molecule has 0 aromatic heterocycles. The van der Waals surface area contributed by atoms with E-state index in [1.807, 2.05) is 0 Å². The number of hydrogen-bond acceptors (Lipinski definition) is 9. The van der Waals surface area contributed by atoms with E-state index < -0.39 is 42.9 Å². The van der Waals surface area contributed by atoms with E-state index in [4.69, 9.17) is 18.9 Å². The van der Waals surface area contributed by atoms with Crippen molar-refractivity contribution in [3.05, 3.63) is 0 Å². The first-order chi connectivity index (χ1) is 10.2. The van der Waals surface area contributed by atoms with Crippen LogP contribution in [0.15, 0.2) is 0 Å². The Hall–Kier alpha value is -2.16. The van der Waals surface area contributed by atoms with Gasteiger partial charge >= 0.3 is 23.9 Å². The van der Waals surface area contributed by atoms with Crippen LogP contribution in [0.25, 0.3) is 0 Å². The third kappa shape index (κ3) is 10.6. The zero-order valence-corrected chi connectivity index (χ0v) is 13.0. The second-order valence-corrected chi connectivity index (χ2v) is 4.21. The zero-order chi connectivity index (χ0) is 17.1. The maximum Gasteiger partial charge on any atom is 0.304 e. The van der Waals surface area contributed by atoms with E-state index in [9.17, 15) is 19.2 Å². The quantitative estimate of drug-likeness (QED) is 0.327. The van der Waals surface area contributed by atoms with Crippen molar-refractivity contribution < 1.29 is 42.9 Å². The van der Waals surface area contributed by atoms with Gasteiger partial charge in [-0.25, -0.2) is 0 Å². The average molecular weight is 320 g/mol. The predicted octanol–water partition coefficient (Wildman–Crippen LogP) is -0.0499. The first-order valence-corrected chi connectivity index (χ1v) is 6.41. The summed E-state index contributed by atoms with van der Waals surface area (Å²) in [5.41, 5.74) is 0. The zero-order valence-electron chi connectivity index (χ0n) is 13.0. The molecule has 0 N–H and O–H groups in total. The molecule has 0 amide bonds. The van der Waals surface area contributed by atoms with Gasteiger partial charge in [0.1, 0.15) is 19.3 Å². The van der Waals surface area contributed by atoms with Crippen molar-refractivity contribution in [2.75, 3.05) is 20.0 Å². The molecule has 0 saturated carbocycles. The number of ether oxygens (including phenoxy) is 5. The minimum absolute atomic E-state index is 0.268. The minimum atomic E-state index is -1.02. The summed E-state index contributed by atoms with van der Waals surface area (Å²) in [7, 11) is 0. The summed E-state index contributed by atoms with van der Waals surface area (Å²) in [4.78, 5) is 43.6. The third-order valence-electron chi connectivity index (χ3n) is 2.18. The third-order valence-corrected chi connectivity index (χ3v) is 2.18. The van der Waals surface area contributed by atoms with E-state index >= 15 is 0 Å². The molecule has 0 aliphatic heterocycles. The lowest BCUT2D eigenvalue weighted by Crippen LogP contribution is -2.41. The van der Waals surface area contributed by atoms with E-state index in [0.717, 1.165) is 6.92 Å². The largest absolute Gasteiger partial charge is 0.463 e. The SMILES string of the molecule is CC(=O)OCO[C@@H](COC(C)=O)[C@H](COC(C)=O)OC(C)=O. The maximum absolute atomic E-state index is 11.1. The summed E-state index contributed by atoms with van der Waals surface area (Å²) in [6.45, 7) is 3.74. The van der Waals surface area contributed by atoms with Crippen molar-refractivity contribution in [1.82, 2.24) is 0 Å². The van der Waals surface area contributed by atoms with Crippen LogP contribution in [0.5, 0.6) is 0 Å². The van der Waals surface area contributed by atoms with Gasteiger partial charge in [-0.3, -0.25) is 19.2 Å². The van der Waals surface area contributed by atoms with Crippen molar-refractivity contribution in [3.63, 3.8) is 0 Å². The molecular formula is C13H20O9. The molecule has 0 heterocycles. The second kappa shape index (κ2) is 10.6. The van der Waals surface area contributed by atoms with Crippen LogP contribution in [0, 0.1) is 0 Å². The van der Waals surface area contributed by atoms with Crippen molar-refractivity contribution in [1.29, 1.82) is 0 Å². The lowest BCUT2D eigenvalue weighted by molar-refractivity contribution is -0.189. The molecule has 0 spiro atoms. The van der Waals surface area contributed by atoms with Crippen LogP contribution >= 0.6 is 0 Å². The molecule has 0 unspecified atom stereocenters. The molecule has 0 saturated heterocycles. The van der Waals surface area contributed by atoms with Gasteiger partial charge in [0.25, 0.3) is 0 Å². The molecule has 0 bridgehead atoms. The second-order valence-electron chi connectivity index (χ2n) is 4.21. The molecule has 0 radical (unpaired) electrons. The van der Waals surface area contributed by atoms with E-state index in [1.165, 1.54) is 20.8 Å². The number of rotatable bonds is 9. The highest BCUT2D eigenvalue weighted by molar-refractivity contribution is 5.67. The summed E-state index contributed by atoms with van der Waals surface area (Å²) in [6.07, 6.45) is -1.98. The molecular weight excluding hydrogens is 300 g/mol. The standard InChI is InChI=1S/C13H20O9/c1-8(14)18-5-12(21-7-20-10(3)16)13(22-11(4)17)6-19-9(2)15/h12-13H,5-7H2,1-4H3/t12-,13-/m0/s1. The number of esters is 4. The summed E-state index contributed by atoms with van der Waals surface area (Å²) < 4.78 is 24.4. The fraction of sp³-hybridized carbons (Fsp3) is 0.692. The van der Waals surface area contributed by atoms with Crippen LogP contribution in [0.1, 0.15) is 27.7 Å². The summed E-state index contributed by atoms with van der Waals surface area (Å²) >= 11 is 0. The number of carbonyl (C=O) groups is 4. The monoisotopic (exact) mass is 320 g/mol. The molecule has 9 heteroatoms. The van der Waals surface area contributed by atoms with Gasteiger partial charge in [-0.1, -0.05) is 0 Å². The van der Waals surface area contributed by atoms with Gasteiger partial charge in [0, 0.05) is 27.7 Å².